The minimum absolute atomic E-state index is 0.0508. The van der Waals surface area contributed by atoms with Crippen LogP contribution in [0.3, 0.4) is 0 Å². The Morgan fingerprint density at radius 1 is 1.32 bits per heavy atom. The molecule has 0 fully saturated rings. The fraction of sp³-hybridized carbons (Fsp3) is 0.462. The molecule has 1 amide bonds. The van der Waals surface area contributed by atoms with Gasteiger partial charge in [0.1, 0.15) is 0 Å². The van der Waals surface area contributed by atoms with Crippen LogP contribution in [0.5, 0.6) is 0 Å². The number of benzene rings is 1. The molecule has 6 heteroatoms. The van der Waals surface area contributed by atoms with Gasteiger partial charge in [0.2, 0.25) is 0 Å². The number of hydrogen-bond acceptors (Lipinski definition) is 5. The molecule has 0 spiro atoms. The van der Waals surface area contributed by atoms with E-state index in [1.165, 1.54) is 0 Å². The third kappa shape index (κ3) is 4.11. The number of nitrogens with two attached hydrogens (primary N) is 1. The topological polar surface area (TPSA) is 98.8 Å². The number of nitrogens with one attached hydrogen (secondary N) is 1. The number of hydrogen-bond donors (Lipinski definition) is 4. The Bertz CT molecular complexity index is 418. The number of anilines is 2. The number of nitrogen functional groups attached to an aromatic ring is 1. The highest BCUT2D eigenvalue weighted by atomic mass is 16.3. The zero-order chi connectivity index (χ0) is 14.3. The molecule has 0 aromatic heterocycles. The van der Waals surface area contributed by atoms with Crippen molar-refractivity contribution in [3.05, 3.63) is 23.8 Å². The van der Waals surface area contributed by atoms with Crippen LogP contribution in [0.1, 0.15) is 17.3 Å². The van der Waals surface area contributed by atoms with E-state index in [2.05, 4.69) is 5.32 Å². The third-order valence-corrected chi connectivity index (χ3v) is 2.71. The van der Waals surface area contributed by atoms with Crippen molar-refractivity contribution in [2.24, 2.45) is 0 Å². The predicted octanol–water partition coefficient (Wildman–Crippen LogP) is -0.190. The first-order valence-electron chi connectivity index (χ1n) is 6.28. The quantitative estimate of drug-likeness (QED) is 0.513. The van der Waals surface area contributed by atoms with Gasteiger partial charge in [-0.15, -0.1) is 0 Å². The molecule has 0 saturated heterocycles. The van der Waals surface area contributed by atoms with Gasteiger partial charge in [-0.1, -0.05) is 0 Å². The zero-order valence-corrected chi connectivity index (χ0v) is 11.1. The average molecular weight is 267 g/mol. The SMILES string of the molecule is CCNC(=O)c1ccc(N)c(N(CCO)CCO)c1. The Kier molecular flexibility index (Phi) is 6.11. The summed E-state index contributed by atoms with van der Waals surface area (Å²) in [6.07, 6.45) is 0. The fourth-order valence-electron chi connectivity index (χ4n) is 1.82. The molecule has 0 bridgehead atoms. The van der Waals surface area contributed by atoms with E-state index in [9.17, 15) is 4.79 Å². The summed E-state index contributed by atoms with van der Waals surface area (Å²) in [5.41, 5.74) is 7.55. The number of nitrogens with zero attached hydrogens (tertiary/aromatic N) is 1. The number of carbonyl (C=O) groups is 1. The number of amides is 1. The molecule has 106 valence electrons. The molecule has 5 N–H and O–H groups in total. The highest BCUT2D eigenvalue weighted by Crippen LogP contribution is 2.24. The molecule has 1 aromatic rings. The van der Waals surface area contributed by atoms with E-state index < -0.39 is 0 Å². The lowest BCUT2D eigenvalue weighted by Crippen LogP contribution is -2.31. The molecule has 0 atom stereocenters. The van der Waals surface area contributed by atoms with Crippen LogP contribution in [0.15, 0.2) is 18.2 Å². The van der Waals surface area contributed by atoms with Crippen molar-refractivity contribution < 1.29 is 15.0 Å². The van der Waals surface area contributed by atoms with Gasteiger partial charge in [0.15, 0.2) is 0 Å². The zero-order valence-electron chi connectivity index (χ0n) is 11.1. The minimum Gasteiger partial charge on any atom is -0.397 e. The first-order valence-corrected chi connectivity index (χ1v) is 6.28. The maximum Gasteiger partial charge on any atom is 0.251 e. The monoisotopic (exact) mass is 267 g/mol. The van der Waals surface area contributed by atoms with Gasteiger partial charge in [0.05, 0.1) is 24.6 Å². The molecule has 0 aliphatic heterocycles. The van der Waals surface area contributed by atoms with Crippen molar-refractivity contribution in [2.75, 3.05) is 43.5 Å². The van der Waals surface area contributed by atoms with Gasteiger partial charge in [-0.25, -0.2) is 0 Å². The Morgan fingerprint density at radius 2 is 1.95 bits per heavy atom. The standard InChI is InChI=1S/C13H21N3O3/c1-2-15-13(19)10-3-4-11(14)12(9-10)16(5-7-17)6-8-18/h3-4,9,17-18H,2,5-8,14H2,1H3,(H,15,19). The molecular weight excluding hydrogens is 246 g/mol. The molecule has 0 unspecified atom stereocenters. The van der Waals surface area contributed by atoms with Crippen molar-refractivity contribution in [1.29, 1.82) is 0 Å². The maximum absolute atomic E-state index is 11.8. The Labute approximate surface area is 112 Å². The van der Waals surface area contributed by atoms with E-state index in [1.807, 2.05) is 6.92 Å². The summed E-state index contributed by atoms with van der Waals surface area (Å²) in [5, 5.41) is 20.8. The van der Waals surface area contributed by atoms with Crippen LogP contribution in [0.4, 0.5) is 11.4 Å². The second kappa shape index (κ2) is 7.60. The summed E-state index contributed by atoms with van der Waals surface area (Å²) >= 11 is 0. The molecule has 0 radical (unpaired) electrons. The number of aliphatic hydroxyl groups is 2. The summed E-state index contributed by atoms with van der Waals surface area (Å²) in [4.78, 5) is 13.5. The molecule has 0 aliphatic carbocycles. The molecule has 1 rings (SSSR count). The lowest BCUT2D eigenvalue weighted by molar-refractivity contribution is 0.0956. The lowest BCUT2D eigenvalue weighted by Gasteiger charge is -2.25. The fourth-order valence-corrected chi connectivity index (χ4v) is 1.82. The van der Waals surface area contributed by atoms with Gasteiger partial charge in [-0.3, -0.25) is 4.79 Å². The summed E-state index contributed by atoms with van der Waals surface area (Å²) in [7, 11) is 0. The Balaban J connectivity index is 3.03. The highest BCUT2D eigenvalue weighted by Gasteiger charge is 2.12. The summed E-state index contributed by atoms with van der Waals surface area (Å²) in [5.74, 6) is -0.170. The van der Waals surface area contributed by atoms with E-state index in [0.29, 0.717) is 36.6 Å². The van der Waals surface area contributed by atoms with Crippen LogP contribution in [0.25, 0.3) is 0 Å². The molecular formula is C13H21N3O3. The van der Waals surface area contributed by atoms with E-state index in [1.54, 1.807) is 23.1 Å². The minimum atomic E-state index is -0.170. The Hall–Kier alpha value is -1.79. The second-order valence-electron chi connectivity index (χ2n) is 4.07. The highest BCUT2D eigenvalue weighted by molar-refractivity contribution is 5.96. The summed E-state index contributed by atoms with van der Waals surface area (Å²) in [6, 6.07) is 4.98. The van der Waals surface area contributed by atoms with Gasteiger partial charge in [-0.2, -0.15) is 0 Å². The van der Waals surface area contributed by atoms with Crippen molar-refractivity contribution >= 4 is 17.3 Å². The molecule has 1 aromatic carbocycles. The van der Waals surface area contributed by atoms with E-state index in [-0.39, 0.29) is 19.1 Å². The van der Waals surface area contributed by atoms with Crippen molar-refractivity contribution in [3.63, 3.8) is 0 Å². The van der Waals surface area contributed by atoms with Crippen LogP contribution >= 0.6 is 0 Å². The van der Waals surface area contributed by atoms with Gasteiger partial charge in [0, 0.05) is 25.2 Å². The molecule has 0 saturated carbocycles. The first kappa shape index (κ1) is 15.3. The summed E-state index contributed by atoms with van der Waals surface area (Å²) < 4.78 is 0. The van der Waals surface area contributed by atoms with Crippen LogP contribution in [0.2, 0.25) is 0 Å². The van der Waals surface area contributed by atoms with Gasteiger partial charge in [-0.05, 0) is 25.1 Å². The van der Waals surface area contributed by atoms with Gasteiger partial charge in [0.25, 0.3) is 5.91 Å². The van der Waals surface area contributed by atoms with Crippen molar-refractivity contribution in [3.8, 4) is 0 Å². The van der Waals surface area contributed by atoms with Crippen LogP contribution in [-0.4, -0.2) is 49.0 Å². The molecule has 0 heterocycles. The van der Waals surface area contributed by atoms with Crippen LogP contribution in [-0.2, 0) is 0 Å². The van der Waals surface area contributed by atoms with Crippen molar-refractivity contribution in [2.45, 2.75) is 6.92 Å². The van der Waals surface area contributed by atoms with Gasteiger partial charge < -0.3 is 26.2 Å². The first-order chi connectivity index (χ1) is 9.13. The summed E-state index contributed by atoms with van der Waals surface area (Å²) in [6.45, 7) is 3.00. The largest absolute Gasteiger partial charge is 0.397 e. The van der Waals surface area contributed by atoms with Crippen molar-refractivity contribution in [1.82, 2.24) is 5.32 Å². The van der Waals surface area contributed by atoms with Crippen LogP contribution in [0, 0.1) is 0 Å². The smallest absolute Gasteiger partial charge is 0.251 e. The van der Waals surface area contributed by atoms with Crippen LogP contribution < -0.4 is 16.0 Å². The Morgan fingerprint density at radius 3 is 2.47 bits per heavy atom. The van der Waals surface area contributed by atoms with E-state index in [4.69, 9.17) is 15.9 Å². The average Bonchev–Trinajstić information content (AvgIpc) is 2.39. The molecule has 6 nitrogen and oxygen atoms in total. The second-order valence-corrected chi connectivity index (χ2v) is 4.07. The third-order valence-electron chi connectivity index (χ3n) is 2.71. The molecule has 19 heavy (non-hydrogen) atoms. The number of carbonyl (C=O) groups excluding carboxylic acids is 1. The maximum atomic E-state index is 11.8. The number of aliphatic hydroxyl groups excluding tert-OH is 2. The lowest BCUT2D eigenvalue weighted by atomic mass is 10.1. The molecule has 0 aliphatic rings. The number of rotatable bonds is 7. The predicted molar refractivity (Wildman–Crippen MR) is 75.2 cm³/mol. The normalized spacial score (nSPS) is 10.3. The van der Waals surface area contributed by atoms with E-state index in [0.717, 1.165) is 0 Å². The van der Waals surface area contributed by atoms with Gasteiger partial charge >= 0.3 is 0 Å². The van der Waals surface area contributed by atoms with E-state index >= 15 is 0 Å².